The van der Waals surface area contributed by atoms with E-state index in [9.17, 15) is 4.79 Å². The van der Waals surface area contributed by atoms with E-state index >= 15 is 0 Å². The average molecular weight is 317 g/mol. The van der Waals surface area contributed by atoms with Gasteiger partial charge in [0.05, 0.1) is 13.7 Å². The van der Waals surface area contributed by atoms with Crippen LogP contribution in [-0.4, -0.2) is 32.7 Å². The summed E-state index contributed by atoms with van der Waals surface area (Å²) in [6, 6.07) is 5.20. The first-order chi connectivity index (χ1) is 9.72. The van der Waals surface area contributed by atoms with E-state index in [-0.39, 0.29) is 18.3 Å². The number of halogens is 1. The zero-order chi connectivity index (χ0) is 14.8. The molecule has 5 nitrogen and oxygen atoms in total. The third-order valence-electron chi connectivity index (χ3n) is 2.85. The van der Waals surface area contributed by atoms with Crippen LogP contribution < -0.4 is 20.5 Å². The molecular formula is C15H25ClN2O3. The number of ether oxygens (including phenoxy) is 2. The zero-order valence-electron chi connectivity index (χ0n) is 12.7. The van der Waals surface area contributed by atoms with Gasteiger partial charge < -0.3 is 20.5 Å². The molecule has 0 unspecified atom stereocenters. The van der Waals surface area contributed by atoms with Crippen LogP contribution in [0, 0.1) is 0 Å². The predicted molar refractivity (Wildman–Crippen MR) is 86.6 cm³/mol. The highest BCUT2D eigenvalue weighted by molar-refractivity contribution is 5.94. The minimum Gasteiger partial charge on any atom is -0.493 e. The number of carbonyl (C=O) groups is 1. The number of carbonyl (C=O) groups excluding carboxylic acids is 1. The number of hydrogen-bond donors (Lipinski definition) is 2. The van der Waals surface area contributed by atoms with Gasteiger partial charge in [-0.3, -0.25) is 4.79 Å². The van der Waals surface area contributed by atoms with Gasteiger partial charge in [-0.2, -0.15) is 0 Å². The predicted octanol–water partition coefficient (Wildman–Crippen LogP) is 2.37. The Kier molecular flexibility index (Phi) is 10.4. The molecule has 0 saturated carbocycles. The molecule has 0 aliphatic heterocycles. The Bertz CT molecular complexity index is 427. The van der Waals surface area contributed by atoms with Crippen LogP contribution in [0.2, 0.25) is 0 Å². The van der Waals surface area contributed by atoms with Crippen molar-refractivity contribution in [3.63, 3.8) is 0 Å². The van der Waals surface area contributed by atoms with Crippen LogP contribution in [0.25, 0.3) is 0 Å². The van der Waals surface area contributed by atoms with E-state index in [0.717, 1.165) is 19.3 Å². The van der Waals surface area contributed by atoms with Gasteiger partial charge in [-0.1, -0.05) is 13.3 Å². The number of amides is 1. The first-order valence-electron chi connectivity index (χ1n) is 7.02. The van der Waals surface area contributed by atoms with Gasteiger partial charge in [0, 0.05) is 12.1 Å². The van der Waals surface area contributed by atoms with Crippen molar-refractivity contribution < 1.29 is 14.3 Å². The fourth-order valence-electron chi connectivity index (χ4n) is 1.66. The van der Waals surface area contributed by atoms with Crippen LogP contribution >= 0.6 is 12.4 Å². The maximum absolute atomic E-state index is 11.9. The highest BCUT2D eigenvalue weighted by Gasteiger charge is 2.10. The monoisotopic (exact) mass is 316 g/mol. The van der Waals surface area contributed by atoms with Crippen molar-refractivity contribution in [1.82, 2.24) is 5.32 Å². The minimum atomic E-state index is -0.128. The van der Waals surface area contributed by atoms with Crippen LogP contribution in [0.3, 0.4) is 0 Å². The second-order valence-corrected chi connectivity index (χ2v) is 4.47. The molecule has 120 valence electrons. The second kappa shape index (κ2) is 11.2. The van der Waals surface area contributed by atoms with E-state index in [4.69, 9.17) is 15.2 Å². The van der Waals surface area contributed by atoms with Crippen molar-refractivity contribution in [2.45, 2.75) is 26.2 Å². The van der Waals surface area contributed by atoms with Crippen molar-refractivity contribution in [3.05, 3.63) is 23.8 Å². The molecule has 1 aromatic rings. The van der Waals surface area contributed by atoms with Crippen molar-refractivity contribution in [3.8, 4) is 11.5 Å². The number of nitrogens with one attached hydrogen (secondary N) is 1. The largest absolute Gasteiger partial charge is 0.493 e. The minimum absolute atomic E-state index is 0. The van der Waals surface area contributed by atoms with Crippen molar-refractivity contribution in [2.75, 3.05) is 26.8 Å². The molecule has 1 rings (SSSR count). The summed E-state index contributed by atoms with van der Waals surface area (Å²) < 4.78 is 10.9. The van der Waals surface area contributed by atoms with Gasteiger partial charge in [-0.15, -0.1) is 12.4 Å². The van der Waals surface area contributed by atoms with Gasteiger partial charge >= 0.3 is 0 Å². The molecule has 0 bridgehead atoms. The van der Waals surface area contributed by atoms with Gasteiger partial charge in [0.15, 0.2) is 11.5 Å². The second-order valence-electron chi connectivity index (χ2n) is 4.47. The molecule has 0 atom stereocenters. The van der Waals surface area contributed by atoms with Crippen LogP contribution in [0.4, 0.5) is 0 Å². The Labute approximate surface area is 132 Å². The summed E-state index contributed by atoms with van der Waals surface area (Å²) in [4.78, 5) is 11.9. The summed E-state index contributed by atoms with van der Waals surface area (Å²) in [5.41, 5.74) is 5.95. The van der Waals surface area contributed by atoms with Crippen LogP contribution in [-0.2, 0) is 0 Å². The lowest BCUT2D eigenvalue weighted by Crippen LogP contribution is -2.25. The smallest absolute Gasteiger partial charge is 0.251 e. The zero-order valence-corrected chi connectivity index (χ0v) is 13.5. The lowest BCUT2D eigenvalue weighted by molar-refractivity contribution is 0.0953. The summed E-state index contributed by atoms with van der Waals surface area (Å²) in [5.74, 6) is 1.11. The first-order valence-corrected chi connectivity index (χ1v) is 7.02. The molecule has 0 aliphatic carbocycles. The van der Waals surface area contributed by atoms with Gasteiger partial charge in [0.1, 0.15) is 0 Å². The summed E-state index contributed by atoms with van der Waals surface area (Å²) in [5, 5.41) is 2.81. The molecule has 0 heterocycles. The van der Waals surface area contributed by atoms with Crippen molar-refractivity contribution in [1.29, 1.82) is 0 Å². The lowest BCUT2D eigenvalue weighted by Gasteiger charge is -2.12. The molecule has 0 saturated heterocycles. The maximum atomic E-state index is 11.9. The fourth-order valence-corrected chi connectivity index (χ4v) is 1.66. The maximum Gasteiger partial charge on any atom is 0.251 e. The fraction of sp³-hybridized carbons (Fsp3) is 0.533. The molecular weight excluding hydrogens is 292 g/mol. The topological polar surface area (TPSA) is 73.6 Å². The van der Waals surface area contributed by atoms with E-state index in [2.05, 4.69) is 12.2 Å². The highest BCUT2D eigenvalue weighted by atomic mass is 35.5. The van der Waals surface area contributed by atoms with Crippen LogP contribution in [0.1, 0.15) is 36.5 Å². The molecule has 1 aromatic carbocycles. The molecule has 1 amide bonds. The number of nitrogens with two attached hydrogens (primary N) is 1. The molecule has 0 spiro atoms. The van der Waals surface area contributed by atoms with Gasteiger partial charge in [0.2, 0.25) is 0 Å². The highest BCUT2D eigenvalue weighted by Crippen LogP contribution is 2.28. The average Bonchev–Trinajstić information content (AvgIpc) is 2.47. The van der Waals surface area contributed by atoms with Crippen LogP contribution in [0.15, 0.2) is 18.2 Å². The Hall–Kier alpha value is -1.46. The van der Waals surface area contributed by atoms with Crippen LogP contribution in [0.5, 0.6) is 11.5 Å². The Morgan fingerprint density at radius 3 is 2.67 bits per heavy atom. The van der Waals surface area contributed by atoms with E-state index in [0.29, 0.717) is 36.8 Å². The molecule has 3 N–H and O–H groups in total. The Morgan fingerprint density at radius 1 is 1.29 bits per heavy atom. The van der Waals surface area contributed by atoms with Gasteiger partial charge in [0.25, 0.3) is 5.91 Å². The van der Waals surface area contributed by atoms with E-state index in [1.165, 1.54) is 0 Å². The molecule has 0 fully saturated rings. The first kappa shape index (κ1) is 19.5. The SMILES string of the molecule is CCCCOc1ccc(C(=O)NCCCN)cc1OC.Cl. The molecule has 0 aromatic heterocycles. The lowest BCUT2D eigenvalue weighted by atomic mass is 10.2. The number of rotatable bonds is 9. The summed E-state index contributed by atoms with van der Waals surface area (Å²) >= 11 is 0. The molecule has 6 heteroatoms. The van der Waals surface area contributed by atoms with Crippen molar-refractivity contribution >= 4 is 18.3 Å². The Morgan fingerprint density at radius 2 is 2.05 bits per heavy atom. The van der Waals surface area contributed by atoms with E-state index in [1.807, 2.05) is 0 Å². The summed E-state index contributed by atoms with van der Waals surface area (Å²) in [6.07, 6.45) is 2.83. The third-order valence-corrected chi connectivity index (χ3v) is 2.85. The molecule has 0 aliphatic rings. The quantitative estimate of drug-likeness (QED) is 0.686. The number of hydrogen-bond acceptors (Lipinski definition) is 4. The summed E-state index contributed by atoms with van der Waals surface area (Å²) in [6.45, 7) is 3.89. The van der Waals surface area contributed by atoms with E-state index < -0.39 is 0 Å². The number of unbranched alkanes of at least 4 members (excludes halogenated alkanes) is 1. The third kappa shape index (κ3) is 6.69. The Balaban J connectivity index is 0.00000400. The normalized spacial score (nSPS) is 9.67. The standard InChI is InChI=1S/C15H24N2O3.ClH/c1-3-4-10-20-13-7-6-12(11-14(13)19-2)15(18)17-9-5-8-16;/h6-7,11H,3-5,8-10,16H2,1-2H3,(H,17,18);1H. The van der Waals surface area contributed by atoms with E-state index in [1.54, 1.807) is 25.3 Å². The number of benzene rings is 1. The molecule has 21 heavy (non-hydrogen) atoms. The van der Waals surface area contributed by atoms with Gasteiger partial charge in [-0.25, -0.2) is 0 Å². The van der Waals surface area contributed by atoms with Gasteiger partial charge in [-0.05, 0) is 37.6 Å². The van der Waals surface area contributed by atoms with Crippen molar-refractivity contribution in [2.24, 2.45) is 5.73 Å². The molecule has 0 radical (unpaired) electrons. The number of methoxy groups -OCH3 is 1. The summed E-state index contributed by atoms with van der Waals surface area (Å²) in [7, 11) is 1.57.